The summed E-state index contributed by atoms with van der Waals surface area (Å²) in [6, 6.07) is 5.86. The van der Waals surface area contributed by atoms with Gasteiger partial charge in [-0.1, -0.05) is 29.3 Å². The third-order valence-corrected chi connectivity index (χ3v) is 4.52. The zero-order valence-electron chi connectivity index (χ0n) is 11.2. The van der Waals surface area contributed by atoms with Crippen molar-refractivity contribution in [1.29, 1.82) is 0 Å². The van der Waals surface area contributed by atoms with Gasteiger partial charge in [-0.25, -0.2) is 0 Å². The van der Waals surface area contributed by atoms with Gasteiger partial charge >= 0.3 is 0 Å². The van der Waals surface area contributed by atoms with Crippen LogP contribution in [0.25, 0.3) is 6.08 Å². The molecule has 2 saturated carbocycles. The lowest BCUT2D eigenvalue weighted by atomic mass is 10.2. The summed E-state index contributed by atoms with van der Waals surface area (Å²) in [6.45, 7) is 0.926. The quantitative estimate of drug-likeness (QED) is 0.738. The van der Waals surface area contributed by atoms with E-state index in [1.807, 2.05) is 17.0 Å². The molecule has 0 N–H and O–H groups in total. The molecule has 106 valence electrons. The Labute approximate surface area is 129 Å². The fourth-order valence-corrected chi connectivity index (χ4v) is 2.57. The molecular formula is C16H17Cl2NO. The van der Waals surface area contributed by atoms with Gasteiger partial charge in [-0.05, 0) is 55.4 Å². The predicted molar refractivity (Wildman–Crippen MR) is 83.0 cm³/mol. The van der Waals surface area contributed by atoms with Crippen molar-refractivity contribution in [2.45, 2.75) is 31.7 Å². The lowest BCUT2D eigenvalue weighted by Gasteiger charge is -2.20. The van der Waals surface area contributed by atoms with Gasteiger partial charge in [0, 0.05) is 18.7 Å². The molecule has 2 aliphatic rings. The van der Waals surface area contributed by atoms with Gasteiger partial charge in [0.05, 0.1) is 10.0 Å². The summed E-state index contributed by atoms with van der Waals surface area (Å²) in [5.74, 6) is 0.850. The summed E-state index contributed by atoms with van der Waals surface area (Å²) in [7, 11) is 0. The third-order valence-electron chi connectivity index (χ3n) is 3.78. The standard InChI is InChI=1S/C16H17Cl2NO/c17-14-7-3-11(9-15(14)18)4-8-16(20)19(13-5-6-13)10-12-1-2-12/h3-4,7-9,12-13H,1-2,5-6,10H2/b8-4+. The smallest absolute Gasteiger partial charge is 0.246 e. The molecule has 0 aliphatic heterocycles. The van der Waals surface area contributed by atoms with E-state index in [2.05, 4.69) is 0 Å². The average Bonchev–Trinajstić information content (AvgIpc) is 3.29. The lowest BCUT2D eigenvalue weighted by molar-refractivity contribution is -0.126. The van der Waals surface area contributed by atoms with Crippen molar-refractivity contribution in [3.05, 3.63) is 39.9 Å². The van der Waals surface area contributed by atoms with Gasteiger partial charge < -0.3 is 4.90 Å². The number of nitrogens with zero attached hydrogens (tertiary/aromatic N) is 1. The van der Waals surface area contributed by atoms with E-state index < -0.39 is 0 Å². The average molecular weight is 310 g/mol. The maximum atomic E-state index is 12.3. The summed E-state index contributed by atoms with van der Waals surface area (Å²) < 4.78 is 0. The van der Waals surface area contributed by atoms with Crippen LogP contribution in [0.1, 0.15) is 31.2 Å². The predicted octanol–water partition coefficient (Wildman–Crippen LogP) is 4.41. The number of carbonyl (C=O) groups excluding carboxylic acids is 1. The first-order valence-corrected chi connectivity index (χ1v) is 7.83. The molecule has 0 atom stereocenters. The van der Waals surface area contributed by atoms with Gasteiger partial charge in [0.1, 0.15) is 0 Å². The largest absolute Gasteiger partial charge is 0.336 e. The molecule has 1 aromatic rings. The highest BCUT2D eigenvalue weighted by Crippen LogP contribution is 2.35. The van der Waals surface area contributed by atoms with E-state index in [1.54, 1.807) is 18.2 Å². The fraction of sp³-hybridized carbons (Fsp3) is 0.438. The number of hydrogen-bond donors (Lipinski definition) is 0. The Kier molecular flexibility index (Phi) is 4.04. The molecule has 0 bridgehead atoms. The van der Waals surface area contributed by atoms with Gasteiger partial charge in [-0.3, -0.25) is 4.79 Å². The van der Waals surface area contributed by atoms with Crippen molar-refractivity contribution >= 4 is 35.2 Å². The number of halogens is 2. The number of hydrogen-bond acceptors (Lipinski definition) is 1. The van der Waals surface area contributed by atoms with Gasteiger partial charge in [0.25, 0.3) is 0 Å². The third kappa shape index (κ3) is 3.56. The SMILES string of the molecule is O=C(/C=C/c1ccc(Cl)c(Cl)c1)N(CC1CC1)C1CC1. The summed E-state index contributed by atoms with van der Waals surface area (Å²) in [5, 5.41) is 1.04. The van der Waals surface area contributed by atoms with Crippen molar-refractivity contribution < 1.29 is 4.79 Å². The summed E-state index contributed by atoms with van der Waals surface area (Å²) >= 11 is 11.8. The Hall–Kier alpha value is -0.990. The van der Waals surface area contributed by atoms with Crippen LogP contribution < -0.4 is 0 Å². The van der Waals surface area contributed by atoms with Crippen LogP contribution in [0.4, 0.5) is 0 Å². The first kappa shape index (κ1) is 14.0. The van der Waals surface area contributed by atoms with Crippen molar-refractivity contribution in [3.63, 3.8) is 0 Å². The number of benzene rings is 1. The Morgan fingerprint density at radius 3 is 2.55 bits per heavy atom. The first-order chi connectivity index (χ1) is 9.63. The number of amides is 1. The van der Waals surface area contributed by atoms with Crippen LogP contribution in [0, 0.1) is 5.92 Å². The van der Waals surface area contributed by atoms with E-state index in [4.69, 9.17) is 23.2 Å². The molecular weight excluding hydrogens is 293 g/mol. The van der Waals surface area contributed by atoms with Gasteiger partial charge in [0.15, 0.2) is 0 Å². The molecule has 1 amide bonds. The van der Waals surface area contributed by atoms with Crippen molar-refractivity contribution in [2.75, 3.05) is 6.54 Å². The molecule has 2 nitrogen and oxygen atoms in total. The molecule has 0 unspecified atom stereocenters. The lowest BCUT2D eigenvalue weighted by Crippen LogP contribution is -2.33. The molecule has 0 aromatic heterocycles. The summed E-state index contributed by atoms with van der Waals surface area (Å²) in [5.41, 5.74) is 0.898. The summed E-state index contributed by atoms with van der Waals surface area (Å²) in [6.07, 6.45) is 8.31. The molecule has 4 heteroatoms. The topological polar surface area (TPSA) is 20.3 Å². The second kappa shape index (κ2) is 5.79. The Morgan fingerprint density at radius 2 is 1.95 bits per heavy atom. The first-order valence-electron chi connectivity index (χ1n) is 7.07. The molecule has 0 spiro atoms. The van der Waals surface area contributed by atoms with E-state index in [0.717, 1.165) is 30.9 Å². The molecule has 0 heterocycles. The number of rotatable bonds is 5. The second-order valence-electron chi connectivity index (χ2n) is 5.67. The Morgan fingerprint density at radius 1 is 1.20 bits per heavy atom. The molecule has 2 aliphatic carbocycles. The normalized spacial score (nSPS) is 18.5. The molecule has 2 fully saturated rings. The van der Waals surface area contributed by atoms with E-state index >= 15 is 0 Å². The van der Waals surface area contributed by atoms with Crippen molar-refractivity contribution in [1.82, 2.24) is 4.90 Å². The number of carbonyl (C=O) groups is 1. The van der Waals surface area contributed by atoms with Crippen LogP contribution in [-0.4, -0.2) is 23.4 Å². The second-order valence-corrected chi connectivity index (χ2v) is 6.49. The maximum Gasteiger partial charge on any atom is 0.246 e. The van der Waals surface area contributed by atoms with E-state index in [0.29, 0.717) is 16.1 Å². The van der Waals surface area contributed by atoms with Gasteiger partial charge in [0.2, 0.25) is 5.91 Å². The van der Waals surface area contributed by atoms with Crippen LogP contribution in [0.15, 0.2) is 24.3 Å². The maximum absolute atomic E-state index is 12.3. The fourth-order valence-electron chi connectivity index (χ4n) is 2.26. The van der Waals surface area contributed by atoms with E-state index in [1.165, 1.54) is 12.8 Å². The minimum atomic E-state index is 0.116. The van der Waals surface area contributed by atoms with Crippen LogP contribution in [0.3, 0.4) is 0 Å². The van der Waals surface area contributed by atoms with Crippen molar-refractivity contribution in [3.8, 4) is 0 Å². The molecule has 0 radical (unpaired) electrons. The highest BCUT2D eigenvalue weighted by molar-refractivity contribution is 6.42. The van der Waals surface area contributed by atoms with Gasteiger partial charge in [-0.2, -0.15) is 0 Å². The Balaban J connectivity index is 1.66. The summed E-state index contributed by atoms with van der Waals surface area (Å²) in [4.78, 5) is 14.3. The monoisotopic (exact) mass is 309 g/mol. The van der Waals surface area contributed by atoms with Crippen LogP contribution >= 0.6 is 23.2 Å². The van der Waals surface area contributed by atoms with Gasteiger partial charge in [-0.15, -0.1) is 0 Å². The highest BCUT2D eigenvalue weighted by atomic mass is 35.5. The molecule has 1 aromatic carbocycles. The van der Waals surface area contributed by atoms with Crippen LogP contribution in [-0.2, 0) is 4.79 Å². The van der Waals surface area contributed by atoms with Crippen molar-refractivity contribution in [2.24, 2.45) is 5.92 Å². The van der Waals surface area contributed by atoms with Crippen LogP contribution in [0.2, 0.25) is 10.0 Å². The minimum absolute atomic E-state index is 0.116. The highest BCUT2D eigenvalue weighted by Gasteiger charge is 2.35. The molecule has 20 heavy (non-hydrogen) atoms. The molecule has 3 rings (SSSR count). The van der Waals surface area contributed by atoms with E-state index in [9.17, 15) is 4.79 Å². The van der Waals surface area contributed by atoms with E-state index in [-0.39, 0.29) is 5.91 Å². The van der Waals surface area contributed by atoms with Crippen LogP contribution in [0.5, 0.6) is 0 Å². The Bertz CT molecular complexity index is 547. The minimum Gasteiger partial charge on any atom is -0.336 e. The zero-order chi connectivity index (χ0) is 14.1. The zero-order valence-corrected chi connectivity index (χ0v) is 12.7. The molecule has 0 saturated heterocycles.